The van der Waals surface area contributed by atoms with Crippen LogP contribution in [0.15, 0.2) is 70.2 Å². The molecule has 0 bridgehead atoms. The molecule has 1 aliphatic rings. The molecule has 0 fully saturated rings. The van der Waals surface area contributed by atoms with Crippen molar-refractivity contribution < 1.29 is 13.2 Å². The fourth-order valence-corrected chi connectivity index (χ4v) is 4.57. The second-order valence-electron chi connectivity index (χ2n) is 7.09. The highest BCUT2D eigenvalue weighted by molar-refractivity contribution is 7.90. The predicted octanol–water partition coefficient (Wildman–Crippen LogP) is 2.26. The topological polar surface area (TPSA) is 96.7 Å². The molecule has 154 valence electrons. The van der Waals surface area contributed by atoms with Gasteiger partial charge in [0, 0.05) is 37.2 Å². The number of anilines is 1. The summed E-state index contributed by atoms with van der Waals surface area (Å²) in [6, 6.07) is 14.2. The molecule has 0 aliphatic carbocycles. The minimum atomic E-state index is -3.72. The quantitative estimate of drug-likeness (QED) is 0.679. The number of aryl methyl sites for hydroxylation is 1. The van der Waals surface area contributed by atoms with Crippen LogP contribution in [0, 0.1) is 6.92 Å². The van der Waals surface area contributed by atoms with Gasteiger partial charge < -0.3 is 14.8 Å². The predicted molar refractivity (Wildman–Crippen MR) is 114 cm³/mol. The molecule has 30 heavy (non-hydrogen) atoms. The number of amidine groups is 1. The third-order valence-corrected chi connectivity index (χ3v) is 6.19. The average Bonchev–Trinajstić information content (AvgIpc) is 3.24. The Hall–Kier alpha value is -3.46. The number of amides is 1. The van der Waals surface area contributed by atoms with Crippen molar-refractivity contribution in [3.63, 3.8) is 0 Å². The van der Waals surface area contributed by atoms with Crippen LogP contribution in [0.4, 0.5) is 5.69 Å². The third-order valence-electron chi connectivity index (χ3n) is 4.87. The molecule has 1 aliphatic heterocycles. The Bertz CT molecular complexity index is 1230. The molecule has 0 saturated heterocycles. The van der Waals surface area contributed by atoms with E-state index in [0.717, 1.165) is 11.4 Å². The molecule has 1 aromatic heterocycles. The van der Waals surface area contributed by atoms with Crippen molar-refractivity contribution in [3.05, 3.63) is 77.9 Å². The Morgan fingerprint density at radius 2 is 1.87 bits per heavy atom. The molecule has 2 heterocycles. The van der Waals surface area contributed by atoms with Gasteiger partial charge in [-0.3, -0.25) is 4.79 Å². The number of carbonyl (C=O) groups excluding carboxylic acids is 1. The summed E-state index contributed by atoms with van der Waals surface area (Å²) >= 11 is 0. The Morgan fingerprint density at radius 1 is 1.13 bits per heavy atom. The van der Waals surface area contributed by atoms with E-state index in [4.69, 9.17) is 0 Å². The van der Waals surface area contributed by atoms with Gasteiger partial charge in [-0.05, 0) is 36.8 Å². The number of benzene rings is 2. The van der Waals surface area contributed by atoms with Gasteiger partial charge in [0.2, 0.25) is 5.91 Å². The second-order valence-corrected chi connectivity index (χ2v) is 8.66. The number of carbonyl (C=O) groups is 1. The van der Waals surface area contributed by atoms with Gasteiger partial charge in [0.1, 0.15) is 10.7 Å². The highest BCUT2D eigenvalue weighted by Crippen LogP contribution is 2.26. The van der Waals surface area contributed by atoms with Crippen molar-refractivity contribution in [1.29, 1.82) is 0 Å². The SMILES string of the molecule is Cc1nccn1Cc1ccc(NC(=O)CN(C)C2=NS(=O)(=O)c3ccccc32)cc1. The lowest BCUT2D eigenvalue weighted by Crippen LogP contribution is -2.34. The smallest absolute Gasteiger partial charge is 0.285 e. The van der Waals surface area contributed by atoms with Gasteiger partial charge in [-0.25, -0.2) is 4.98 Å². The number of imidazole rings is 1. The van der Waals surface area contributed by atoms with E-state index in [-0.39, 0.29) is 23.2 Å². The average molecular weight is 423 g/mol. The lowest BCUT2D eigenvalue weighted by Gasteiger charge is -2.18. The highest BCUT2D eigenvalue weighted by atomic mass is 32.2. The molecule has 0 unspecified atom stereocenters. The lowest BCUT2D eigenvalue weighted by atomic mass is 10.2. The van der Waals surface area contributed by atoms with Crippen molar-refractivity contribution in [3.8, 4) is 0 Å². The first-order chi connectivity index (χ1) is 14.3. The van der Waals surface area contributed by atoms with Gasteiger partial charge in [0.25, 0.3) is 10.0 Å². The number of hydrogen-bond donors (Lipinski definition) is 1. The zero-order chi connectivity index (χ0) is 21.3. The van der Waals surface area contributed by atoms with E-state index >= 15 is 0 Å². The summed E-state index contributed by atoms with van der Waals surface area (Å²) in [6.45, 7) is 2.62. The third kappa shape index (κ3) is 3.97. The zero-order valence-corrected chi connectivity index (χ0v) is 17.4. The molecule has 3 aromatic rings. The van der Waals surface area contributed by atoms with Crippen LogP contribution in [0.25, 0.3) is 0 Å². The zero-order valence-electron chi connectivity index (χ0n) is 16.6. The summed E-state index contributed by atoms with van der Waals surface area (Å²) in [5.74, 6) is 0.945. The minimum Gasteiger partial charge on any atom is -0.349 e. The Balaban J connectivity index is 1.40. The van der Waals surface area contributed by atoms with Crippen molar-refractivity contribution in [2.45, 2.75) is 18.4 Å². The van der Waals surface area contributed by atoms with E-state index < -0.39 is 10.0 Å². The Labute approximate surface area is 174 Å². The maximum atomic E-state index is 12.5. The van der Waals surface area contributed by atoms with E-state index in [9.17, 15) is 13.2 Å². The Kier molecular flexibility index (Phi) is 5.13. The number of nitrogens with zero attached hydrogens (tertiary/aromatic N) is 4. The van der Waals surface area contributed by atoms with Crippen molar-refractivity contribution in [2.24, 2.45) is 4.40 Å². The van der Waals surface area contributed by atoms with Crippen LogP contribution in [0.2, 0.25) is 0 Å². The van der Waals surface area contributed by atoms with Gasteiger partial charge in [-0.2, -0.15) is 8.42 Å². The maximum absolute atomic E-state index is 12.5. The summed E-state index contributed by atoms with van der Waals surface area (Å²) in [5, 5.41) is 2.83. The van der Waals surface area contributed by atoms with Gasteiger partial charge in [0.05, 0.1) is 6.54 Å². The monoisotopic (exact) mass is 423 g/mol. The van der Waals surface area contributed by atoms with E-state index in [1.807, 2.05) is 42.0 Å². The summed E-state index contributed by atoms with van der Waals surface area (Å²) in [5.41, 5.74) is 2.26. The van der Waals surface area contributed by atoms with Crippen molar-refractivity contribution >= 4 is 27.5 Å². The molecule has 0 radical (unpaired) electrons. The first kappa shape index (κ1) is 19.8. The Morgan fingerprint density at radius 3 is 2.57 bits per heavy atom. The molecule has 0 atom stereocenters. The lowest BCUT2D eigenvalue weighted by molar-refractivity contribution is -0.116. The fourth-order valence-electron chi connectivity index (χ4n) is 3.32. The summed E-state index contributed by atoms with van der Waals surface area (Å²) in [7, 11) is -2.07. The number of nitrogens with one attached hydrogen (secondary N) is 1. The summed E-state index contributed by atoms with van der Waals surface area (Å²) in [4.78, 5) is 18.4. The van der Waals surface area contributed by atoms with Crippen molar-refractivity contribution in [1.82, 2.24) is 14.5 Å². The van der Waals surface area contributed by atoms with Crippen LogP contribution in [-0.2, 0) is 21.4 Å². The molecule has 0 saturated carbocycles. The summed E-state index contributed by atoms with van der Waals surface area (Å²) in [6.07, 6.45) is 3.68. The number of rotatable bonds is 5. The molecule has 4 rings (SSSR count). The van der Waals surface area contributed by atoms with Gasteiger partial charge >= 0.3 is 0 Å². The molecule has 1 amide bonds. The first-order valence-electron chi connectivity index (χ1n) is 9.35. The number of likely N-dealkylation sites (N-methyl/N-ethyl adjacent to an activating group) is 1. The molecule has 1 N–H and O–H groups in total. The van der Waals surface area contributed by atoms with Crippen LogP contribution in [-0.4, -0.2) is 48.2 Å². The van der Waals surface area contributed by atoms with Crippen LogP contribution in [0.3, 0.4) is 0 Å². The van der Waals surface area contributed by atoms with Gasteiger partial charge in [-0.1, -0.05) is 24.3 Å². The molecule has 0 spiro atoms. The first-order valence-corrected chi connectivity index (χ1v) is 10.8. The molecule has 9 heteroatoms. The molecule has 8 nitrogen and oxygen atoms in total. The van der Waals surface area contributed by atoms with Crippen molar-refractivity contribution in [2.75, 3.05) is 18.9 Å². The number of hydrogen-bond acceptors (Lipinski definition) is 5. The van der Waals surface area contributed by atoms with E-state index in [2.05, 4.69) is 14.7 Å². The van der Waals surface area contributed by atoms with Gasteiger partial charge in [-0.15, -0.1) is 4.40 Å². The summed E-state index contributed by atoms with van der Waals surface area (Å²) < 4.78 is 30.3. The number of fused-ring (bicyclic) bond motifs is 1. The maximum Gasteiger partial charge on any atom is 0.285 e. The minimum absolute atomic E-state index is 0.0291. The number of sulfonamides is 1. The van der Waals surface area contributed by atoms with Crippen LogP contribution < -0.4 is 5.32 Å². The van der Waals surface area contributed by atoms with Crippen LogP contribution in [0.1, 0.15) is 17.0 Å². The standard InChI is InChI=1S/C21H21N5O3S/c1-15-22-11-12-26(15)13-16-7-9-17(10-8-16)23-20(27)14-25(2)21-18-5-3-4-6-19(18)30(28,29)24-21/h3-12H,13-14H2,1-2H3,(H,23,27). The highest BCUT2D eigenvalue weighted by Gasteiger charge is 2.30. The van der Waals surface area contributed by atoms with Crippen LogP contribution in [0.5, 0.6) is 0 Å². The largest absolute Gasteiger partial charge is 0.349 e. The second kappa shape index (κ2) is 7.75. The van der Waals surface area contributed by atoms with E-state index in [1.165, 1.54) is 11.0 Å². The molecular weight excluding hydrogens is 402 g/mol. The normalized spacial score (nSPS) is 14.1. The fraction of sp³-hybridized carbons (Fsp3) is 0.190. The van der Waals surface area contributed by atoms with Crippen LogP contribution >= 0.6 is 0 Å². The van der Waals surface area contributed by atoms with E-state index in [0.29, 0.717) is 17.8 Å². The molecular formula is C21H21N5O3S. The number of aromatic nitrogens is 2. The molecule has 2 aromatic carbocycles. The van der Waals surface area contributed by atoms with Gasteiger partial charge in [0.15, 0.2) is 5.84 Å². The van der Waals surface area contributed by atoms with E-state index in [1.54, 1.807) is 31.4 Å².